The maximum absolute atomic E-state index is 11.8. The van der Waals surface area contributed by atoms with Crippen LogP contribution in [-0.2, 0) is 4.79 Å². The lowest BCUT2D eigenvalue weighted by Crippen LogP contribution is -2.45. The van der Waals surface area contributed by atoms with Gasteiger partial charge in [0.25, 0.3) is 0 Å². The van der Waals surface area contributed by atoms with Gasteiger partial charge >= 0.3 is 0 Å². The van der Waals surface area contributed by atoms with Crippen LogP contribution in [0.3, 0.4) is 0 Å². The number of carbonyl (C=O) groups excluding carboxylic acids is 1. The molecule has 0 aliphatic heterocycles. The molecule has 0 radical (unpaired) electrons. The van der Waals surface area contributed by atoms with Crippen molar-refractivity contribution < 1.29 is 9.90 Å². The molecular formula is C13H26N2O2. The van der Waals surface area contributed by atoms with E-state index in [1.54, 1.807) is 11.9 Å². The first-order chi connectivity index (χ1) is 7.97. The summed E-state index contributed by atoms with van der Waals surface area (Å²) < 4.78 is 0. The van der Waals surface area contributed by atoms with Crippen LogP contribution in [0.2, 0.25) is 0 Å². The molecule has 0 aromatic rings. The average Bonchev–Trinajstić information content (AvgIpc) is 2.71. The van der Waals surface area contributed by atoms with Crippen molar-refractivity contribution in [2.75, 3.05) is 20.1 Å². The lowest BCUT2D eigenvalue weighted by molar-refractivity contribution is -0.132. The first kappa shape index (κ1) is 14.5. The molecule has 0 spiro atoms. The number of likely N-dealkylation sites (N-methyl/N-ethyl adjacent to an activating group) is 1. The predicted molar refractivity (Wildman–Crippen MR) is 68.8 cm³/mol. The molecule has 1 atom stereocenters. The Morgan fingerprint density at radius 2 is 2.06 bits per heavy atom. The van der Waals surface area contributed by atoms with Gasteiger partial charge in [0, 0.05) is 19.6 Å². The van der Waals surface area contributed by atoms with E-state index >= 15 is 0 Å². The Labute approximate surface area is 104 Å². The Morgan fingerprint density at radius 1 is 1.47 bits per heavy atom. The first-order valence-electron chi connectivity index (χ1n) is 6.66. The molecule has 2 N–H and O–H groups in total. The zero-order valence-electron chi connectivity index (χ0n) is 11.3. The van der Waals surface area contributed by atoms with Crippen molar-refractivity contribution in [1.29, 1.82) is 0 Å². The standard InChI is InChI=1S/C13H26N2O2/c1-4-11(2)14-9-12(16)15(3)10-13(17)7-5-6-8-13/h11,14,17H,4-10H2,1-3H3. The van der Waals surface area contributed by atoms with E-state index in [1.807, 2.05) is 0 Å². The molecule has 1 saturated carbocycles. The Bertz CT molecular complexity index is 250. The van der Waals surface area contributed by atoms with E-state index in [2.05, 4.69) is 19.2 Å². The van der Waals surface area contributed by atoms with Crippen molar-refractivity contribution in [1.82, 2.24) is 10.2 Å². The van der Waals surface area contributed by atoms with Gasteiger partial charge in [-0.05, 0) is 26.2 Å². The van der Waals surface area contributed by atoms with Gasteiger partial charge in [-0.3, -0.25) is 4.79 Å². The van der Waals surface area contributed by atoms with Crippen LogP contribution < -0.4 is 5.32 Å². The van der Waals surface area contributed by atoms with Gasteiger partial charge in [-0.15, -0.1) is 0 Å². The highest BCUT2D eigenvalue weighted by Crippen LogP contribution is 2.29. The maximum atomic E-state index is 11.8. The zero-order chi connectivity index (χ0) is 12.9. The Morgan fingerprint density at radius 3 is 2.59 bits per heavy atom. The molecule has 0 aromatic heterocycles. The molecule has 1 rings (SSSR count). The van der Waals surface area contributed by atoms with Crippen molar-refractivity contribution in [2.24, 2.45) is 0 Å². The van der Waals surface area contributed by atoms with Crippen LogP contribution >= 0.6 is 0 Å². The van der Waals surface area contributed by atoms with Crippen molar-refractivity contribution >= 4 is 5.91 Å². The number of nitrogens with zero attached hydrogens (tertiary/aromatic N) is 1. The normalized spacial score (nSPS) is 20.2. The molecule has 1 aliphatic carbocycles. The minimum Gasteiger partial charge on any atom is -0.388 e. The highest BCUT2D eigenvalue weighted by molar-refractivity contribution is 5.78. The number of carbonyl (C=O) groups is 1. The summed E-state index contributed by atoms with van der Waals surface area (Å²) in [5, 5.41) is 13.4. The molecule has 1 amide bonds. The third-order valence-corrected chi connectivity index (χ3v) is 3.71. The molecular weight excluding hydrogens is 216 g/mol. The number of hydrogen-bond donors (Lipinski definition) is 2. The third kappa shape index (κ3) is 4.64. The van der Waals surface area contributed by atoms with Crippen molar-refractivity contribution in [2.45, 2.75) is 57.6 Å². The molecule has 1 aliphatic rings. The van der Waals surface area contributed by atoms with E-state index in [0.717, 1.165) is 32.1 Å². The zero-order valence-corrected chi connectivity index (χ0v) is 11.3. The molecule has 0 bridgehead atoms. The number of amides is 1. The Kier molecular flexibility index (Phi) is 5.40. The summed E-state index contributed by atoms with van der Waals surface area (Å²) in [4.78, 5) is 13.5. The van der Waals surface area contributed by atoms with Gasteiger partial charge in [-0.1, -0.05) is 19.8 Å². The molecule has 0 aromatic carbocycles. The molecule has 0 saturated heterocycles. The summed E-state index contributed by atoms with van der Waals surface area (Å²) in [7, 11) is 1.77. The van der Waals surface area contributed by atoms with Crippen LogP contribution in [0.25, 0.3) is 0 Å². The SMILES string of the molecule is CCC(C)NCC(=O)N(C)CC1(O)CCCC1. The molecule has 17 heavy (non-hydrogen) atoms. The monoisotopic (exact) mass is 242 g/mol. The lowest BCUT2D eigenvalue weighted by Gasteiger charge is -2.29. The van der Waals surface area contributed by atoms with Crippen molar-refractivity contribution in [3.8, 4) is 0 Å². The number of hydrogen-bond acceptors (Lipinski definition) is 3. The van der Waals surface area contributed by atoms with Gasteiger partial charge in [-0.2, -0.15) is 0 Å². The largest absolute Gasteiger partial charge is 0.388 e. The fraction of sp³-hybridized carbons (Fsp3) is 0.923. The second-order valence-electron chi connectivity index (χ2n) is 5.37. The van der Waals surface area contributed by atoms with E-state index in [-0.39, 0.29) is 5.91 Å². The Hall–Kier alpha value is -0.610. The van der Waals surface area contributed by atoms with Crippen LogP contribution in [-0.4, -0.2) is 47.7 Å². The van der Waals surface area contributed by atoms with Crippen molar-refractivity contribution in [3.05, 3.63) is 0 Å². The van der Waals surface area contributed by atoms with Crippen LogP contribution in [0.5, 0.6) is 0 Å². The smallest absolute Gasteiger partial charge is 0.236 e. The van der Waals surface area contributed by atoms with E-state index < -0.39 is 5.60 Å². The number of nitrogens with one attached hydrogen (secondary N) is 1. The fourth-order valence-corrected chi connectivity index (χ4v) is 2.26. The summed E-state index contributed by atoms with van der Waals surface area (Å²) in [5.74, 6) is 0.0608. The summed E-state index contributed by atoms with van der Waals surface area (Å²) in [6, 6.07) is 0.363. The van der Waals surface area contributed by atoms with E-state index in [1.165, 1.54) is 0 Å². The van der Waals surface area contributed by atoms with Crippen LogP contribution in [0.15, 0.2) is 0 Å². The van der Waals surface area contributed by atoms with E-state index in [4.69, 9.17) is 0 Å². The highest BCUT2D eigenvalue weighted by Gasteiger charge is 2.33. The quantitative estimate of drug-likeness (QED) is 0.734. The van der Waals surface area contributed by atoms with Gasteiger partial charge in [0.15, 0.2) is 0 Å². The van der Waals surface area contributed by atoms with Gasteiger partial charge in [0.05, 0.1) is 12.1 Å². The predicted octanol–water partition coefficient (Wildman–Crippen LogP) is 1.14. The van der Waals surface area contributed by atoms with Crippen LogP contribution in [0, 0.1) is 0 Å². The highest BCUT2D eigenvalue weighted by atomic mass is 16.3. The van der Waals surface area contributed by atoms with E-state index in [9.17, 15) is 9.90 Å². The average molecular weight is 242 g/mol. The molecule has 0 heterocycles. The lowest BCUT2D eigenvalue weighted by atomic mass is 10.0. The van der Waals surface area contributed by atoms with E-state index in [0.29, 0.717) is 19.1 Å². The number of rotatable bonds is 6. The topological polar surface area (TPSA) is 52.6 Å². The van der Waals surface area contributed by atoms with Gasteiger partial charge in [-0.25, -0.2) is 0 Å². The Balaban J connectivity index is 2.31. The minimum atomic E-state index is -0.638. The summed E-state index contributed by atoms with van der Waals surface area (Å²) in [6.45, 7) is 4.99. The summed E-state index contributed by atoms with van der Waals surface area (Å²) >= 11 is 0. The second-order valence-corrected chi connectivity index (χ2v) is 5.37. The molecule has 100 valence electrons. The fourth-order valence-electron chi connectivity index (χ4n) is 2.26. The van der Waals surface area contributed by atoms with Gasteiger partial charge in [0.1, 0.15) is 0 Å². The molecule has 1 fully saturated rings. The second kappa shape index (κ2) is 6.36. The van der Waals surface area contributed by atoms with Crippen LogP contribution in [0.1, 0.15) is 46.0 Å². The van der Waals surface area contributed by atoms with Gasteiger partial charge in [0.2, 0.25) is 5.91 Å². The molecule has 4 heteroatoms. The van der Waals surface area contributed by atoms with Crippen LogP contribution in [0.4, 0.5) is 0 Å². The summed E-state index contributed by atoms with van der Waals surface area (Å²) in [5.41, 5.74) is -0.638. The first-order valence-corrected chi connectivity index (χ1v) is 6.66. The number of aliphatic hydroxyl groups is 1. The maximum Gasteiger partial charge on any atom is 0.236 e. The van der Waals surface area contributed by atoms with Gasteiger partial charge < -0.3 is 15.3 Å². The minimum absolute atomic E-state index is 0.0608. The molecule has 4 nitrogen and oxygen atoms in total. The van der Waals surface area contributed by atoms with Crippen molar-refractivity contribution in [3.63, 3.8) is 0 Å². The molecule has 1 unspecified atom stereocenters. The summed E-state index contributed by atoms with van der Waals surface area (Å²) in [6.07, 6.45) is 4.81. The third-order valence-electron chi connectivity index (χ3n) is 3.71.